The Morgan fingerprint density at radius 3 is 2.32 bits per heavy atom. The van der Waals surface area contributed by atoms with Crippen molar-refractivity contribution in [3.05, 3.63) is 93.2 Å². The highest BCUT2D eigenvalue weighted by molar-refractivity contribution is 7.80. The van der Waals surface area contributed by atoms with Gasteiger partial charge < -0.3 is 4.74 Å². The van der Waals surface area contributed by atoms with E-state index in [2.05, 4.69) is 10.3 Å². The molecule has 0 bridgehead atoms. The summed E-state index contributed by atoms with van der Waals surface area (Å²) in [6.07, 6.45) is 2.58. The van der Waals surface area contributed by atoms with Crippen LogP contribution in [0.2, 0.25) is 0 Å². The van der Waals surface area contributed by atoms with Gasteiger partial charge in [-0.3, -0.25) is 29.9 Å². The molecule has 1 N–H and O–H groups in total. The highest BCUT2D eigenvalue weighted by Crippen LogP contribution is 2.26. The van der Waals surface area contributed by atoms with E-state index >= 15 is 0 Å². The molecule has 2 aromatic carbocycles. The molecule has 3 aromatic rings. The normalized spacial score (nSPS) is 14.8. The van der Waals surface area contributed by atoms with E-state index in [0.717, 1.165) is 17.3 Å². The standard InChI is InChI=1S/C24H18N4O5S/c1-14-9-15(2)11-18(10-14)27-23(30)20(22(29)26-24(27)34)12-16-3-6-19(7-4-16)33-21-8-5-17(13-25-21)28(31)32/h3-13H,1-2H3,(H,26,29,34)/b20-12+. The molecule has 10 heteroatoms. The fourth-order valence-electron chi connectivity index (χ4n) is 3.43. The Hall–Kier alpha value is -4.44. The first kappa shape index (κ1) is 22.7. The minimum Gasteiger partial charge on any atom is -0.439 e. The summed E-state index contributed by atoms with van der Waals surface area (Å²) in [6, 6.07) is 14.9. The SMILES string of the molecule is Cc1cc(C)cc(N2C(=O)/C(=C/c3ccc(Oc4ccc([N+](=O)[O-])cn4)cc3)C(=O)NC2=S)c1. The number of pyridine rings is 1. The first-order valence-corrected chi connectivity index (χ1v) is 10.5. The second kappa shape index (κ2) is 9.20. The van der Waals surface area contributed by atoms with Crippen LogP contribution in [0.25, 0.3) is 6.08 Å². The summed E-state index contributed by atoms with van der Waals surface area (Å²) >= 11 is 5.26. The van der Waals surface area contributed by atoms with Crippen LogP contribution in [0.15, 0.2) is 66.4 Å². The molecule has 34 heavy (non-hydrogen) atoms. The largest absolute Gasteiger partial charge is 0.439 e. The third kappa shape index (κ3) is 4.81. The van der Waals surface area contributed by atoms with Crippen molar-refractivity contribution in [1.29, 1.82) is 0 Å². The Bertz CT molecular complexity index is 1330. The number of aryl methyl sites for hydroxylation is 2. The lowest BCUT2D eigenvalue weighted by molar-refractivity contribution is -0.385. The number of thiocarbonyl (C=S) groups is 1. The lowest BCUT2D eigenvalue weighted by Gasteiger charge is -2.29. The topological polar surface area (TPSA) is 115 Å². The van der Waals surface area contributed by atoms with E-state index in [1.165, 1.54) is 23.1 Å². The molecular weight excluding hydrogens is 456 g/mol. The number of aromatic nitrogens is 1. The quantitative estimate of drug-likeness (QED) is 0.193. The predicted molar refractivity (Wildman–Crippen MR) is 130 cm³/mol. The smallest absolute Gasteiger partial charge is 0.287 e. The number of carbonyl (C=O) groups is 2. The minimum absolute atomic E-state index is 0.0245. The monoisotopic (exact) mass is 474 g/mol. The van der Waals surface area contributed by atoms with Crippen molar-refractivity contribution in [2.24, 2.45) is 0 Å². The first-order chi connectivity index (χ1) is 16.2. The summed E-state index contributed by atoms with van der Waals surface area (Å²) in [6.45, 7) is 3.83. The molecule has 1 saturated heterocycles. The van der Waals surface area contributed by atoms with Gasteiger partial charge in [-0.1, -0.05) is 18.2 Å². The van der Waals surface area contributed by atoms with Gasteiger partial charge in [0, 0.05) is 12.1 Å². The molecule has 0 aliphatic carbocycles. The number of nitro groups is 1. The summed E-state index contributed by atoms with van der Waals surface area (Å²) in [5.41, 5.74) is 2.91. The molecule has 1 aromatic heterocycles. The van der Waals surface area contributed by atoms with Crippen molar-refractivity contribution in [3.8, 4) is 11.6 Å². The molecule has 0 unspecified atom stereocenters. The van der Waals surface area contributed by atoms with E-state index in [-0.39, 0.29) is 22.3 Å². The van der Waals surface area contributed by atoms with Crippen molar-refractivity contribution in [2.75, 3.05) is 4.90 Å². The van der Waals surface area contributed by atoms with E-state index < -0.39 is 16.7 Å². The molecule has 0 saturated carbocycles. The van der Waals surface area contributed by atoms with Crippen LogP contribution in [0.5, 0.6) is 11.6 Å². The van der Waals surface area contributed by atoms with Gasteiger partial charge in [-0.05, 0) is 73.1 Å². The number of hydrogen-bond donors (Lipinski definition) is 1. The Labute approximate surface area is 199 Å². The predicted octanol–water partition coefficient (Wildman–Crippen LogP) is 4.23. The van der Waals surface area contributed by atoms with Gasteiger partial charge in [-0.25, -0.2) is 4.98 Å². The van der Waals surface area contributed by atoms with Crippen LogP contribution in [0.4, 0.5) is 11.4 Å². The first-order valence-electron chi connectivity index (χ1n) is 10.1. The van der Waals surface area contributed by atoms with Crippen molar-refractivity contribution >= 4 is 46.6 Å². The van der Waals surface area contributed by atoms with E-state index in [9.17, 15) is 19.7 Å². The van der Waals surface area contributed by atoms with Crippen LogP contribution in [0.3, 0.4) is 0 Å². The van der Waals surface area contributed by atoms with Gasteiger partial charge in [0.25, 0.3) is 17.5 Å². The Kier molecular flexibility index (Phi) is 6.15. The van der Waals surface area contributed by atoms with Gasteiger partial charge in [-0.15, -0.1) is 0 Å². The van der Waals surface area contributed by atoms with Gasteiger partial charge >= 0.3 is 0 Å². The fraction of sp³-hybridized carbons (Fsp3) is 0.0833. The van der Waals surface area contributed by atoms with Gasteiger partial charge in [0.1, 0.15) is 17.5 Å². The molecular formula is C24H18N4O5S. The van der Waals surface area contributed by atoms with Gasteiger partial charge in [0.2, 0.25) is 5.88 Å². The van der Waals surface area contributed by atoms with E-state index in [1.807, 2.05) is 32.0 Å². The minimum atomic E-state index is -0.578. The third-order valence-electron chi connectivity index (χ3n) is 4.91. The maximum absolute atomic E-state index is 13.2. The summed E-state index contributed by atoms with van der Waals surface area (Å²) < 4.78 is 5.59. The summed E-state index contributed by atoms with van der Waals surface area (Å²) in [5.74, 6) is -0.475. The zero-order chi connectivity index (χ0) is 24.4. The molecule has 2 heterocycles. The van der Waals surface area contributed by atoms with E-state index in [1.54, 1.807) is 24.3 Å². The third-order valence-corrected chi connectivity index (χ3v) is 5.20. The Morgan fingerprint density at radius 2 is 1.74 bits per heavy atom. The summed E-state index contributed by atoms with van der Waals surface area (Å²) in [5, 5.41) is 13.3. The highest BCUT2D eigenvalue weighted by Gasteiger charge is 2.34. The molecule has 9 nitrogen and oxygen atoms in total. The average molecular weight is 474 g/mol. The maximum Gasteiger partial charge on any atom is 0.287 e. The van der Waals surface area contributed by atoms with E-state index in [4.69, 9.17) is 17.0 Å². The number of rotatable bonds is 5. The van der Waals surface area contributed by atoms with Gasteiger partial charge in [0.15, 0.2) is 5.11 Å². The Morgan fingerprint density at radius 1 is 1.06 bits per heavy atom. The van der Waals surface area contributed by atoms with Crippen molar-refractivity contribution in [2.45, 2.75) is 13.8 Å². The lowest BCUT2D eigenvalue weighted by Crippen LogP contribution is -2.54. The lowest BCUT2D eigenvalue weighted by atomic mass is 10.1. The van der Waals surface area contributed by atoms with Crippen LogP contribution >= 0.6 is 12.2 Å². The summed E-state index contributed by atoms with van der Waals surface area (Å²) in [4.78, 5) is 41.1. The number of amides is 2. The maximum atomic E-state index is 13.2. The highest BCUT2D eigenvalue weighted by atomic mass is 32.1. The van der Waals surface area contributed by atoms with Gasteiger partial charge in [-0.2, -0.15) is 0 Å². The molecule has 4 rings (SSSR count). The average Bonchev–Trinajstić information content (AvgIpc) is 2.77. The second-order valence-electron chi connectivity index (χ2n) is 7.59. The number of benzene rings is 2. The fourth-order valence-corrected chi connectivity index (χ4v) is 3.71. The molecule has 1 aliphatic heterocycles. The van der Waals surface area contributed by atoms with Crippen molar-refractivity contribution < 1.29 is 19.2 Å². The Balaban J connectivity index is 1.56. The van der Waals surface area contributed by atoms with E-state index in [0.29, 0.717) is 17.0 Å². The number of ether oxygens (including phenoxy) is 1. The summed E-state index contributed by atoms with van der Waals surface area (Å²) in [7, 11) is 0. The molecule has 1 aliphatic rings. The number of nitrogens with zero attached hydrogens (tertiary/aromatic N) is 3. The molecule has 0 atom stereocenters. The molecule has 1 fully saturated rings. The van der Waals surface area contributed by atoms with Crippen LogP contribution in [-0.2, 0) is 9.59 Å². The zero-order valence-electron chi connectivity index (χ0n) is 18.1. The molecule has 0 spiro atoms. The zero-order valence-corrected chi connectivity index (χ0v) is 19.0. The van der Waals surface area contributed by atoms with Crippen LogP contribution in [0, 0.1) is 24.0 Å². The number of nitrogens with one attached hydrogen (secondary N) is 1. The number of anilines is 1. The van der Waals surface area contributed by atoms with Crippen molar-refractivity contribution in [3.63, 3.8) is 0 Å². The molecule has 2 amide bonds. The van der Waals surface area contributed by atoms with Crippen LogP contribution in [0.1, 0.15) is 16.7 Å². The molecule has 0 radical (unpaired) electrons. The number of hydrogen-bond acceptors (Lipinski definition) is 7. The number of carbonyl (C=O) groups excluding carboxylic acids is 2. The molecule has 170 valence electrons. The second-order valence-corrected chi connectivity index (χ2v) is 7.97. The van der Waals surface area contributed by atoms with Crippen LogP contribution in [-0.4, -0.2) is 26.8 Å². The van der Waals surface area contributed by atoms with Crippen LogP contribution < -0.4 is 15.0 Å². The van der Waals surface area contributed by atoms with Gasteiger partial charge in [0.05, 0.1) is 10.6 Å². The van der Waals surface area contributed by atoms with Crippen molar-refractivity contribution in [1.82, 2.24) is 10.3 Å².